The van der Waals surface area contributed by atoms with Gasteiger partial charge in [0, 0.05) is 18.7 Å². The monoisotopic (exact) mass is 299 g/mol. The Hall–Kier alpha value is -2.63. The van der Waals surface area contributed by atoms with Crippen LogP contribution >= 0.6 is 0 Å². The maximum Gasteiger partial charge on any atom is 0.278 e. The summed E-state index contributed by atoms with van der Waals surface area (Å²) in [5.74, 6) is 0.838. The molecule has 0 spiro atoms. The van der Waals surface area contributed by atoms with Gasteiger partial charge >= 0.3 is 0 Å². The molecule has 114 valence electrons. The second kappa shape index (κ2) is 5.63. The van der Waals surface area contributed by atoms with Crippen molar-refractivity contribution in [2.24, 2.45) is 5.92 Å². The number of amides is 1. The minimum absolute atomic E-state index is 0.225. The zero-order valence-corrected chi connectivity index (χ0v) is 12.5. The Kier molecular flexibility index (Phi) is 3.66. The normalized spacial score (nSPS) is 17.0. The first-order valence-electron chi connectivity index (χ1n) is 7.13. The molecule has 1 aliphatic rings. The molecule has 6 nitrogen and oxygen atoms in total. The van der Waals surface area contributed by atoms with E-state index in [9.17, 15) is 9.59 Å². The topological polar surface area (TPSA) is 75.3 Å². The summed E-state index contributed by atoms with van der Waals surface area (Å²) in [7, 11) is 1.60. The minimum atomic E-state index is -0.328. The molecular weight excluding hydrogens is 282 g/mol. The third-order valence-electron chi connectivity index (χ3n) is 3.79. The van der Waals surface area contributed by atoms with E-state index in [4.69, 9.17) is 4.74 Å². The number of nitrogens with one attached hydrogen (secondary N) is 1. The lowest BCUT2D eigenvalue weighted by Crippen LogP contribution is -2.39. The van der Waals surface area contributed by atoms with E-state index < -0.39 is 0 Å². The second-order valence-corrected chi connectivity index (χ2v) is 5.53. The van der Waals surface area contributed by atoms with Crippen molar-refractivity contribution in [3.63, 3.8) is 0 Å². The molecule has 1 aromatic carbocycles. The Balaban J connectivity index is 2.02. The number of aromatic amines is 1. The summed E-state index contributed by atoms with van der Waals surface area (Å²) in [6, 6.07) is 8.51. The molecule has 0 saturated heterocycles. The number of anilines is 1. The third-order valence-corrected chi connectivity index (χ3v) is 3.79. The molecule has 1 atom stereocenters. The van der Waals surface area contributed by atoms with E-state index in [-0.39, 0.29) is 17.2 Å². The van der Waals surface area contributed by atoms with Gasteiger partial charge in [0.2, 0.25) is 0 Å². The van der Waals surface area contributed by atoms with Gasteiger partial charge in [-0.25, -0.2) is 5.10 Å². The highest BCUT2D eigenvalue weighted by Gasteiger charge is 2.28. The van der Waals surface area contributed by atoms with Gasteiger partial charge in [-0.15, -0.1) is 0 Å². The summed E-state index contributed by atoms with van der Waals surface area (Å²) < 4.78 is 5.26. The van der Waals surface area contributed by atoms with Crippen molar-refractivity contribution in [1.29, 1.82) is 0 Å². The highest BCUT2D eigenvalue weighted by molar-refractivity contribution is 6.05. The molecule has 1 aromatic heterocycles. The summed E-state index contributed by atoms with van der Waals surface area (Å²) >= 11 is 0. The van der Waals surface area contributed by atoms with E-state index in [0.717, 1.165) is 17.7 Å². The number of nitrogens with zero attached hydrogens (tertiary/aromatic N) is 2. The highest BCUT2D eigenvalue weighted by atomic mass is 16.5. The Morgan fingerprint density at radius 2 is 2.18 bits per heavy atom. The lowest BCUT2D eigenvalue weighted by Gasteiger charge is -2.33. The van der Waals surface area contributed by atoms with E-state index in [2.05, 4.69) is 17.1 Å². The van der Waals surface area contributed by atoms with E-state index in [1.165, 1.54) is 12.1 Å². The number of carbonyl (C=O) groups excluding carboxylic acids is 1. The van der Waals surface area contributed by atoms with Crippen molar-refractivity contribution < 1.29 is 9.53 Å². The van der Waals surface area contributed by atoms with Crippen LogP contribution in [0.3, 0.4) is 0 Å². The average molecular weight is 299 g/mol. The molecule has 1 N–H and O–H groups in total. The fraction of sp³-hybridized carbons (Fsp3) is 0.312. The summed E-state index contributed by atoms with van der Waals surface area (Å²) in [6.07, 6.45) is 0.919. The van der Waals surface area contributed by atoms with Crippen LogP contribution in [0.4, 0.5) is 5.69 Å². The zero-order chi connectivity index (χ0) is 15.7. The molecule has 0 bridgehead atoms. The molecule has 2 heterocycles. The van der Waals surface area contributed by atoms with Gasteiger partial charge in [0.05, 0.1) is 12.8 Å². The van der Waals surface area contributed by atoms with Crippen molar-refractivity contribution in [3.8, 4) is 5.75 Å². The molecule has 1 aliphatic heterocycles. The van der Waals surface area contributed by atoms with Gasteiger partial charge in [-0.2, -0.15) is 5.10 Å². The zero-order valence-electron chi connectivity index (χ0n) is 12.5. The molecule has 0 saturated carbocycles. The molecule has 0 fully saturated rings. The van der Waals surface area contributed by atoms with Crippen molar-refractivity contribution in [2.45, 2.75) is 13.3 Å². The van der Waals surface area contributed by atoms with Crippen LogP contribution in [0.5, 0.6) is 5.75 Å². The van der Waals surface area contributed by atoms with Gasteiger partial charge in [0.25, 0.3) is 11.5 Å². The van der Waals surface area contributed by atoms with Crippen molar-refractivity contribution >= 4 is 11.6 Å². The summed E-state index contributed by atoms with van der Waals surface area (Å²) in [4.78, 5) is 25.5. The number of hydrogen-bond donors (Lipinski definition) is 1. The van der Waals surface area contributed by atoms with Gasteiger partial charge in [0.1, 0.15) is 11.4 Å². The van der Waals surface area contributed by atoms with Gasteiger partial charge in [-0.3, -0.25) is 9.59 Å². The fourth-order valence-electron chi connectivity index (χ4n) is 2.74. The van der Waals surface area contributed by atoms with Crippen LogP contribution in [-0.4, -0.2) is 29.8 Å². The summed E-state index contributed by atoms with van der Waals surface area (Å²) in [6.45, 7) is 2.72. The number of benzene rings is 1. The maximum atomic E-state index is 12.7. The molecule has 2 aromatic rings. The molecule has 1 amide bonds. The van der Waals surface area contributed by atoms with Crippen LogP contribution in [0.2, 0.25) is 0 Å². The van der Waals surface area contributed by atoms with Crippen LogP contribution < -0.4 is 15.2 Å². The number of fused-ring (bicyclic) bond motifs is 1. The van der Waals surface area contributed by atoms with Gasteiger partial charge in [0.15, 0.2) is 0 Å². The van der Waals surface area contributed by atoms with E-state index in [1.807, 2.05) is 18.2 Å². The molecule has 22 heavy (non-hydrogen) atoms. The van der Waals surface area contributed by atoms with Crippen molar-refractivity contribution in [2.75, 3.05) is 18.6 Å². The number of hydrogen-bond acceptors (Lipinski definition) is 4. The SMILES string of the molecule is COc1ccc2c(c1)N(C(=O)c1ccc(=O)[nH]n1)CC(C)C2. The first-order valence-corrected chi connectivity index (χ1v) is 7.13. The fourth-order valence-corrected chi connectivity index (χ4v) is 2.74. The molecule has 6 heteroatoms. The molecule has 0 radical (unpaired) electrons. The first-order chi connectivity index (χ1) is 10.6. The van der Waals surface area contributed by atoms with Crippen molar-refractivity contribution in [1.82, 2.24) is 10.2 Å². The summed E-state index contributed by atoms with van der Waals surface area (Å²) in [5.41, 5.74) is 1.85. The number of aromatic nitrogens is 2. The van der Waals surface area contributed by atoms with Crippen LogP contribution in [0.1, 0.15) is 23.0 Å². The van der Waals surface area contributed by atoms with Crippen molar-refractivity contribution in [3.05, 3.63) is 51.9 Å². The second-order valence-electron chi connectivity index (χ2n) is 5.53. The van der Waals surface area contributed by atoms with E-state index >= 15 is 0 Å². The van der Waals surface area contributed by atoms with E-state index in [0.29, 0.717) is 18.2 Å². The number of ether oxygens (including phenoxy) is 1. The predicted molar refractivity (Wildman–Crippen MR) is 82.4 cm³/mol. The Bertz CT molecular complexity index is 749. The number of methoxy groups -OCH3 is 1. The standard InChI is InChI=1S/C16H17N3O3/c1-10-7-11-3-4-12(22-2)8-14(11)19(9-10)16(21)13-5-6-15(20)18-17-13/h3-6,8,10H,7,9H2,1-2H3,(H,18,20). The predicted octanol–water partition coefficient (Wildman–Crippen LogP) is 1.62. The van der Waals surface area contributed by atoms with Gasteiger partial charge in [-0.1, -0.05) is 13.0 Å². The molecule has 3 rings (SSSR count). The van der Waals surface area contributed by atoms with Crippen LogP contribution in [0.15, 0.2) is 35.1 Å². The van der Waals surface area contributed by atoms with Crippen LogP contribution in [0.25, 0.3) is 0 Å². The maximum absolute atomic E-state index is 12.7. The lowest BCUT2D eigenvalue weighted by atomic mass is 9.93. The Morgan fingerprint density at radius 3 is 2.86 bits per heavy atom. The van der Waals surface area contributed by atoms with Gasteiger partial charge in [-0.05, 0) is 30.0 Å². The number of rotatable bonds is 2. The Labute approximate surface area is 127 Å². The molecular formula is C16H17N3O3. The Morgan fingerprint density at radius 1 is 1.36 bits per heavy atom. The smallest absolute Gasteiger partial charge is 0.278 e. The van der Waals surface area contributed by atoms with Crippen LogP contribution in [-0.2, 0) is 6.42 Å². The minimum Gasteiger partial charge on any atom is -0.497 e. The summed E-state index contributed by atoms with van der Waals surface area (Å²) in [5, 5.41) is 6.13. The lowest BCUT2D eigenvalue weighted by molar-refractivity contribution is 0.0975. The van der Waals surface area contributed by atoms with Gasteiger partial charge < -0.3 is 9.64 Å². The first kappa shape index (κ1) is 14.3. The third kappa shape index (κ3) is 2.59. The number of carbonyl (C=O) groups is 1. The highest BCUT2D eigenvalue weighted by Crippen LogP contribution is 2.33. The quantitative estimate of drug-likeness (QED) is 0.914. The van der Waals surface area contributed by atoms with Crippen LogP contribution in [0, 0.1) is 5.92 Å². The van der Waals surface area contributed by atoms with E-state index in [1.54, 1.807) is 12.0 Å². The average Bonchev–Trinajstić information content (AvgIpc) is 2.53. The largest absolute Gasteiger partial charge is 0.497 e. The molecule has 1 unspecified atom stereocenters. The molecule has 0 aliphatic carbocycles. The number of H-pyrrole nitrogens is 1.